The van der Waals surface area contributed by atoms with Gasteiger partial charge >= 0.3 is 0 Å². The van der Waals surface area contributed by atoms with Crippen LogP contribution in [-0.2, 0) is 0 Å². The first-order chi connectivity index (χ1) is 28.3. The van der Waals surface area contributed by atoms with Crippen LogP contribution in [0.5, 0.6) is 0 Å². The lowest BCUT2D eigenvalue weighted by Gasteiger charge is -2.14. The second kappa shape index (κ2) is 12.5. The highest BCUT2D eigenvalue weighted by molar-refractivity contribution is 6.20. The minimum Gasteiger partial charge on any atom is -0.456 e. The zero-order valence-electron chi connectivity index (χ0n) is 30.9. The third kappa shape index (κ3) is 4.79. The Morgan fingerprint density at radius 1 is 0.281 bits per heavy atom. The molecule has 3 heteroatoms. The number of hydrogen-bond acceptors (Lipinski definition) is 1. The van der Waals surface area contributed by atoms with Gasteiger partial charge in [-0.05, 0) is 82.4 Å². The summed E-state index contributed by atoms with van der Waals surface area (Å²) in [6.45, 7) is 0. The summed E-state index contributed by atoms with van der Waals surface area (Å²) in [4.78, 5) is 0. The average Bonchev–Trinajstić information content (AvgIpc) is 3.95. The molecule has 0 radical (unpaired) electrons. The standard InChI is InChI=1S/C54H34N2O/c1-2-13-38(14-3-1)55-48-23-8-5-16-45(48)52-42(19-11-24-49(52)55)44-21-10-20-43-41-15-4-7-22-47(41)56(54(43)44)39-33-31-36(32-34-39)35-27-29-37(30-28-35)40-18-12-26-51-53(40)46-17-6-9-25-50(46)57-51/h1-34H. The first-order valence-electron chi connectivity index (χ1n) is 19.5. The van der Waals surface area contributed by atoms with Gasteiger partial charge in [-0.1, -0.05) is 152 Å². The van der Waals surface area contributed by atoms with Crippen molar-refractivity contribution >= 4 is 65.6 Å². The smallest absolute Gasteiger partial charge is 0.136 e. The lowest BCUT2D eigenvalue weighted by atomic mass is 9.96. The maximum Gasteiger partial charge on any atom is 0.136 e. The minimum atomic E-state index is 0.914. The van der Waals surface area contributed by atoms with Gasteiger partial charge in [-0.2, -0.15) is 0 Å². The van der Waals surface area contributed by atoms with Crippen molar-refractivity contribution in [1.29, 1.82) is 0 Å². The first-order valence-corrected chi connectivity index (χ1v) is 19.5. The van der Waals surface area contributed by atoms with E-state index in [0.717, 1.165) is 33.3 Å². The predicted molar refractivity (Wildman–Crippen MR) is 239 cm³/mol. The molecule has 266 valence electrons. The van der Waals surface area contributed by atoms with E-state index in [9.17, 15) is 0 Å². The van der Waals surface area contributed by atoms with E-state index in [4.69, 9.17) is 4.42 Å². The van der Waals surface area contributed by atoms with Crippen molar-refractivity contribution < 1.29 is 4.42 Å². The number of rotatable bonds is 5. The lowest BCUT2D eigenvalue weighted by Crippen LogP contribution is -1.96. The summed E-state index contributed by atoms with van der Waals surface area (Å²) in [7, 11) is 0. The van der Waals surface area contributed by atoms with Crippen LogP contribution < -0.4 is 0 Å². The van der Waals surface area contributed by atoms with Crippen LogP contribution in [0.1, 0.15) is 0 Å². The largest absolute Gasteiger partial charge is 0.456 e. The molecule has 12 aromatic rings. The van der Waals surface area contributed by atoms with Crippen LogP contribution in [0, 0.1) is 0 Å². The molecule has 0 N–H and O–H groups in total. The van der Waals surface area contributed by atoms with Crippen molar-refractivity contribution in [3.63, 3.8) is 0 Å². The summed E-state index contributed by atoms with van der Waals surface area (Å²) < 4.78 is 11.0. The highest BCUT2D eigenvalue weighted by atomic mass is 16.3. The number of hydrogen-bond donors (Lipinski definition) is 0. The van der Waals surface area contributed by atoms with E-state index in [1.54, 1.807) is 0 Å². The Balaban J connectivity index is 0.999. The molecule has 9 aromatic carbocycles. The van der Waals surface area contributed by atoms with Crippen LogP contribution in [0.15, 0.2) is 211 Å². The van der Waals surface area contributed by atoms with Crippen molar-refractivity contribution in [1.82, 2.24) is 9.13 Å². The summed E-state index contributed by atoms with van der Waals surface area (Å²) in [5, 5.41) is 7.30. The minimum absolute atomic E-state index is 0.914. The normalized spacial score (nSPS) is 11.9. The average molecular weight is 727 g/mol. The fraction of sp³-hybridized carbons (Fsp3) is 0. The van der Waals surface area contributed by atoms with E-state index in [1.807, 2.05) is 12.1 Å². The maximum absolute atomic E-state index is 6.19. The zero-order chi connectivity index (χ0) is 37.5. The quantitative estimate of drug-likeness (QED) is 0.173. The highest BCUT2D eigenvalue weighted by Gasteiger charge is 2.21. The molecule has 3 heterocycles. The Morgan fingerprint density at radius 2 is 0.807 bits per heavy atom. The molecule has 57 heavy (non-hydrogen) atoms. The van der Waals surface area contributed by atoms with Gasteiger partial charge in [0.05, 0.1) is 22.1 Å². The van der Waals surface area contributed by atoms with Gasteiger partial charge in [0, 0.05) is 49.3 Å². The zero-order valence-corrected chi connectivity index (χ0v) is 30.9. The molecule has 3 nitrogen and oxygen atoms in total. The van der Waals surface area contributed by atoms with Crippen molar-refractivity contribution in [2.75, 3.05) is 0 Å². The molecule has 0 bridgehead atoms. The van der Waals surface area contributed by atoms with E-state index >= 15 is 0 Å². The van der Waals surface area contributed by atoms with Crippen LogP contribution in [0.4, 0.5) is 0 Å². The molecule has 0 aliphatic rings. The van der Waals surface area contributed by atoms with E-state index in [2.05, 4.69) is 203 Å². The molecule has 0 aliphatic carbocycles. The van der Waals surface area contributed by atoms with Crippen molar-refractivity contribution in [3.05, 3.63) is 206 Å². The van der Waals surface area contributed by atoms with E-state index in [0.29, 0.717) is 0 Å². The Bertz CT molecular complexity index is 3490. The predicted octanol–water partition coefficient (Wildman–Crippen LogP) is 14.8. The molecule has 0 saturated heterocycles. The highest BCUT2D eigenvalue weighted by Crippen LogP contribution is 2.44. The maximum atomic E-state index is 6.19. The molecule has 0 spiro atoms. The Labute approximate surface area is 328 Å². The number of nitrogens with zero attached hydrogens (tertiary/aromatic N) is 2. The number of benzene rings is 9. The number of fused-ring (bicyclic) bond motifs is 9. The Morgan fingerprint density at radius 3 is 1.61 bits per heavy atom. The molecular weight excluding hydrogens is 693 g/mol. The Hall–Kier alpha value is -7.62. The van der Waals surface area contributed by atoms with Gasteiger partial charge in [0.2, 0.25) is 0 Å². The van der Waals surface area contributed by atoms with Gasteiger partial charge in [0.15, 0.2) is 0 Å². The topological polar surface area (TPSA) is 23.0 Å². The van der Waals surface area contributed by atoms with Crippen LogP contribution in [0.25, 0.3) is 110 Å². The first kappa shape index (κ1) is 31.7. The molecule has 0 saturated carbocycles. The summed E-state index contributed by atoms with van der Waals surface area (Å²) in [6.07, 6.45) is 0. The number of aromatic nitrogens is 2. The van der Waals surface area contributed by atoms with Crippen LogP contribution >= 0.6 is 0 Å². The van der Waals surface area contributed by atoms with E-state index in [1.165, 1.54) is 77.0 Å². The second-order valence-electron chi connectivity index (χ2n) is 14.8. The lowest BCUT2D eigenvalue weighted by molar-refractivity contribution is 0.669. The molecular formula is C54H34N2O. The summed E-state index contributed by atoms with van der Waals surface area (Å²) >= 11 is 0. The van der Waals surface area contributed by atoms with Gasteiger partial charge in [0.25, 0.3) is 0 Å². The van der Waals surface area contributed by atoms with Gasteiger partial charge < -0.3 is 13.6 Å². The third-order valence-electron chi connectivity index (χ3n) is 11.8. The summed E-state index contributed by atoms with van der Waals surface area (Å²) in [5.41, 5.74) is 16.1. The molecule has 12 rings (SSSR count). The molecule has 0 aliphatic heterocycles. The van der Waals surface area contributed by atoms with Crippen LogP contribution in [0.2, 0.25) is 0 Å². The SMILES string of the molecule is c1ccc(-n2c3ccccc3c3c(-c4cccc5c6ccccc6n(-c6ccc(-c7ccc(-c8cccc9oc%10ccccc%10c89)cc7)cc6)c45)cccc32)cc1. The third-order valence-corrected chi connectivity index (χ3v) is 11.8. The van der Waals surface area contributed by atoms with Crippen molar-refractivity contribution in [3.8, 4) is 44.8 Å². The molecule has 0 amide bonds. The fourth-order valence-corrected chi connectivity index (χ4v) is 9.26. The fourth-order valence-electron chi connectivity index (χ4n) is 9.26. The molecule has 0 atom stereocenters. The second-order valence-corrected chi connectivity index (χ2v) is 14.8. The van der Waals surface area contributed by atoms with Gasteiger partial charge in [-0.25, -0.2) is 0 Å². The van der Waals surface area contributed by atoms with Crippen LogP contribution in [0.3, 0.4) is 0 Å². The van der Waals surface area contributed by atoms with E-state index < -0.39 is 0 Å². The van der Waals surface area contributed by atoms with Gasteiger partial charge in [-0.3, -0.25) is 0 Å². The monoisotopic (exact) mass is 726 g/mol. The Kier molecular flexibility index (Phi) is 6.93. The van der Waals surface area contributed by atoms with Gasteiger partial charge in [-0.15, -0.1) is 0 Å². The van der Waals surface area contributed by atoms with E-state index in [-0.39, 0.29) is 0 Å². The molecule has 3 aromatic heterocycles. The van der Waals surface area contributed by atoms with Crippen molar-refractivity contribution in [2.45, 2.75) is 0 Å². The van der Waals surface area contributed by atoms with Crippen molar-refractivity contribution in [2.24, 2.45) is 0 Å². The van der Waals surface area contributed by atoms with Crippen LogP contribution in [-0.4, -0.2) is 9.13 Å². The summed E-state index contributed by atoms with van der Waals surface area (Å²) in [6, 6.07) is 74.4. The molecule has 0 unspecified atom stereocenters. The molecule has 0 fully saturated rings. The summed E-state index contributed by atoms with van der Waals surface area (Å²) in [5.74, 6) is 0. The van der Waals surface area contributed by atoms with Gasteiger partial charge in [0.1, 0.15) is 11.2 Å². The number of furan rings is 1. The number of para-hydroxylation sites is 5.